The highest BCUT2D eigenvalue weighted by Crippen LogP contribution is 1.84. The highest BCUT2D eigenvalue weighted by atomic mass is 35.5. The van der Waals surface area contributed by atoms with Crippen LogP contribution in [-0.2, 0) is 9.59 Å². The van der Waals surface area contributed by atoms with Gasteiger partial charge in [0.2, 0.25) is 0 Å². The Morgan fingerprint density at radius 3 is 1.44 bits per heavy atom. The van der Waals surface area contributed by atoms with Gasteiger partial charge in [0.1, 0.15) is 6.54 Å². The molecule has 0 amide bonds. The summed E-state index contributed by atoms with van der Waals surface area (Å²) >= 11 is 0. The summed E-state index contributed by atoms with van der Waals surface area (Å²) in [4.78, 5) is 19.0. The van der Waals surface area contributed by atoms with Gasteiger partial charge in [-0.3, -0.25) is 0 Å². The number of hydrogen-bond donors (Lipinski definition) is 1. The zero-order chi connectivity index (χ0) is 12.5. The van der Waals surface area contributed by atoms with Gasteiger partial charge in [-0.25, -0.2) is 0 Å². The zero-order valence-electron chi connectivity index (χ0n) is 9.73. The van der Waals surface area contributed by atoms with Crippen molar-refractivity contribution in [3.8, 4) is 0 Å². The van der Waals surface area contributed by atoms with E-state index < -0.39 is 24.8 Å². The molecule has 0 aromatic heterocycles. The predicted molar refractivity (Wildman–Crippen MR) is 49.2 cm³/mol. The number of likely N-dealkylation sites (N-methyl/N-ethyl adjacent to an activating group) is 1. The number of aliphatic carboxylic acids is 2. The van der Waals surface area contributed by atoms with Crippen LogP contribution in [0.15, 0.2) is 0 Å². The van der Waals surface area contributed by atoms with Crippen LogP contribution in [0, 0.1) is 0 Å². The van der Waals surface area contributed by atoms with Crippen molar-refractivity contribution in [3.05, 3.63) is 0 Å². The minimum Gasteiger partial charge on any atom is -1.00 e. The fourth-order valence-corrected chi connectivity index (χ4v) is 0.504. The van der Waals surface area contributed by atoms with Gasteiger partial charge in [-0.2, -0.15) is 0 Å². The monoisotopic (exact) mass is 255 g/mol. The maximum absolute atomic E-state index is 9.50. The second kappa shape index (κ2) is 10.7. The molecule has 6 nitrogen and oxygen atoms in total. The molecule has 0 aromatic carbocycles. The number of carboxylic acids is 2. The maximum Gasteiger partial charge on any atom is 0.101 e. The number of hydrogen-bond acceptors (Lipinski definition) is 5. The standard InChI is InChI=1S/C5H14NO.C4H6O4.ClH/c1-6(2,3)4-5-7;5-3(6)1-2-4(7)8;/h7H,4-5H2,1-3H3;1-2H2,(H,5,6)(H,7,8);1H/q+1;;/p-3. The lowest BCUT2D eigenvalue weighted by Gasteiger charge is -2.21. The van der Waals surface area contributed by atoms with Crippen molar-refractivity contribution < 1.29 is 41.8 Å². The minimum atomic E-state index is -1.37. The van der Waals surface area contributed by atoms with Crippen molar-refractivity contribution in [2.75, 3.05) is 34.3 Å². The molecular formula is C9H18ClNO5-2. The van der Waals surface area contributed by atoms with E-state index in [0.29, 0.717) is 0 Å². The number of quaternary nitrogens is 1. The zero-order valence-corrected chi connectivity index (χ0v) is 10.5. The molecular weight excluding hydrogens is 238 g/mol. The first-order valence-corrected chi connectivity index (χ1v) is 4.50. The van der Waals surface area contributed by atoms with Gasteiger partial charge in [0.05, 0.1) is 27.7 Å². The van der Waals surface area contributed by atoms with Gasteiger partial charge in [-0.15, -0.1) is 0 Å². The first-order chi connectivity index (χ1) is 6.69. The molecule has 0 unspecified atom stereocenters. The molecule has 0 atom stereocenters. The van der Waals surface area contributed by atoms with Gasteiger partial charge < -0.3 is 41.8 Å². The lowest BCUT2D eigenvalue weighted by molar-refractivity contribution is -0.870. The molecule has 0 saturated carbocycles. The predicted octanol–water partition coefficient (Wildman–Crippen LogP) is -6.04. The average Bonchev–Trinajstić information content (AvgIpc) is 1.99. The molecule has 7 heteroatoms. The molecule has 0 aliphatic rings. The van der Waals surface area contributed by atoms with Crippen LogP contribution in [0.4, 0.5) is 0 Å². The summed E-state index contributed by atoms with van der Waals surface area (Å²) in [5.74, 6) is -2.73. The fourth-order valence-electron chi connectivity index (χ4n) is 0.504. The van der Waals surface area contributed by atoms with Crippen LogP contribution in [-0.4, -0.2) is 55.8 Å². The van der Waals surface area contributed by atoms with E-state index in [1.165, 1.54) is 0 Å². The average molecular weight is 256 g/mol. The van der Waals surface area contributed by atoms with E-state index in [1.54, 1.807) is 0 Å². The topological polar surface area (TPSA) is 100 Å². The third-order valence-electron chi connectivity index (χ3n) is 1.30. The molecule has 0 heterocycles. The molecule has 1 N–H and O–H groups in total. The van der Waals surface area contributed by atoms with Crippen molar-refractivity contribution in [1.29, 1.82) is 0 Å². The van der Waals surface area contributed by atoms with Gasteiger partial charge in [0, 0.05) is 11.9 Å². The van der Waals surface area contributed by atoms with Crippen molar-refractivity contribution >= 4 is 11.9 Å². The van der Waals surface area contributed by atoms with Crippen LogP contribution in [0.3, 0.4) is 0 Å². The second-order valence-corrected chi connectivity index (χ2v) is 3.98. The van der Waals surface area contributed by atoms with Gasteiger partial charge in [-0.1, -0.05) is 0 Å². The van der Waals surface area contributed by atoms with Crippen LogP contribution in [0.1, 0.15) is 12.8 Å². The largest absolute Gasteiger partial charge is 1.00 e. The lowest BCUT2D eigenvalue weighted by Crippen LogP contribution is -3.00. The smallest absolute Gasteiger partial charge is 0.101 e. The van der Waals surface area contributed by atoms with Crippen molar-refractivity contribution in [3.63, 3.8) is 0 Å². The van der Waals surface area contributed by atoms with Gasteiger partial charge in [0.15, 0.2) is 0 Å². The van der Waals surface area contributed by atoms with Crippen molar-refractivity contribution in [2.45, 2.75) is 12.8 Å². The fraction of sp³-hybridized carbons (Fsp3) is 0.778. The van der Waals surface area contributed by atoms with Crippen molar-refractivity contribution in [1.82, 2.24) is 0 Å². The van der Waals surface area contributed by atoms with Gasteiger partial charge in [0.25, 0.3) is 0 Å². The molecule has 0 fully saturated rings. The number of carbonyl (C=O) groups is 2. The highest BCUT2D eigenvalue weighted by Gasteiger charge is 2.02. The SMILES string of the molecule is C[N+](C)(C)CCO.O=C([O-])CCC(=O)[O-].[Cl-]. The van der Waals surface area contributed by atoms with Crippen LogP contribution in [0.5, 0.6) is 0 Å². The number of carbonyl (C=O) groups excluding carboxylic acids is 2. The normalized spacial score (nSPS) is 9.50. The Balaban J connectivity index is -0.000000200. The van der Waals surface area contributed by atoms with Crippen molar-refractivity contribution in [2.24, 2.45) is 0 Å². The summed E-state index contributed by atoms with van der Waals surface area (Å²) in [7, 11) is 6.16. The van der Waals surface area contributed by atoms with E-state index in [0.717, 1.165) is 11.0 Å². The van der Waals surface area contributed by atoms with Gasteiger partial charge >= 0.3 is 0 Å². The van der Waals surface area contributed by atoms with E-state index in [-0.39, 0.29) is 19.0 Å². The Morgan fingerprint density at radius 1 is 1.06 bits per heavy atom. The summed E-state index contributed by atoms with van der Waals surface area (Å²) in [5.41, 5.74) is 0. The summed E-state index contributed by atoms with van der Waals surface area (Å²) in [6, 6.07) is 0. The first kappa shape index (κ1) is 20.5. The quantitative estimate of drug-likeness (QED) is 0.493. The molecule has 0 radical (unpaired) electrons. The van der Waals surface area contributed by atoms with E-state index >= 15 is 0 Å². The Hall–Kier alpha value is -0.850. The van der Waals surface area contributed by atoms with E-state index in [9.17, 15) is 19.8 Å². The molecule has 0 rings (SSSR count). The third kappa shape index (κ3) is 29.2. The Kier molecular flexibility index (Phi) is 13.7. The highest BCUT2D eigenvalue weighted by molar-refractivity contribution is 5.72. The molecule has 0 aromatic rings. The number of carboxylic acid groups (broad SMARTS) is 2. The third-order valence-corrected chi connectivity index (χ3v) is 1.30. The number of nitrogens with zero attached hydrogens (tertiary/aromatic N) is 1. The van der Waals surface area contributed by atoms with Crippen LogP contribution < -0.4 is 22.6 Å². The molecule has 0 saturated heterocycles. The molecule has 0 aliphatic carbocycles. The maximum atomic E-state index is 9.50. The number of rotatable bonds is 5. The molecule has 0 spiro atoms. The molecule has 0 aliphatic heterocycles. The first-order valence-electron chi connectivity index (χ1n) is 4.50. The number of aliphatic hydroxyl groups excluding tert-OH is 1. The lowest BCUT2D eigenvalue weighted by atomic mass is 10.3. The van der Waals surface area contributed by atoms with E-state index in [2.05, 4.69) is 21.1 Å². The second-order valence-electron chi connectivity index (χ2n) is 3.98. The summed E-state index contributed by atoms with van der Waals surface area (Å²) < 4.78 is 0.844. The summed E-state index contributed by atoms with van der Waals surface area (Å²) in [6.07, 6.45) is -0.940. The molecule has 98 valence electrons. The van der Waals surface area contributed by atoms with Crippen LogP contribution in [0.2, 0.25) is 0 Å². The summed E-state index contributed by atoms with van der Waals surface area (Å²) in [5, 5.41) is 27.4. The summed E-state index contributed by atoms with van der Waals surface area (Å²) in [6.45, 7) is 1.11. The Labute approximate surface area is 101 Å². The molecule has 16 heavy (non-hydrogen) atoms. The Morgan fingerprint density at radius 2 is 1.38 bits per heavy atom. The number of halogens is 1. The van der Waals surface area contributed by atoms with E-state index in [4.69, 9.17) is 5.11 Å². The minimum absolute atomic E-state index is 0. The van der Waals surface area contributed by atoms with Crippen LogP contribution >= 0.6 is 0 Å². The molecule has 0 bridgehead atoms. The van der Waals surface area contributed by atoms with E-state index in [1.807, 2.05) is 0 Å². The van der Waals surface area contributed by atoms with Crippen LogP contribution in [0.25, 0.3) is 0 Å². The number of aliphatic hydroxyl groups is 1. The Bertz CT molecular complexity index is 189. The van der Waals surface area contributed by atoms with Gasteiger partial charge in [-0.05, 0) is 12.8 Å².